The number of nitrogens with zero attached hydrogens (tertiary/aromatic N) is 1. The summed E-state index contributed by atoms with van der Waals surface area (Å²) >= 11 is 0. The predicted molar refractivity (Wildman–Crippen MR) is 108 cm³/mol. The molecule has 1 atom stereocenters. The quantitative estimate of drug-likeness (QED) is 0.358. The highest BCUT2D eigenvalue weighted by molar-refractivity contribution is 6.46. The van der Waals surface area contributed by atoms with Gasteiger partial charge in [-0.1, -0.05) is 36.4 Å². The van der Waals surface area contributed by atoms with Crippen molar-refractivity contribution < 1.29 is 19.4 Å². The third kappa shape index (κ3) is 3.43. The van der Waals surface area contributed by atoms with Gasteiger partial charge in [-0.05, 0) is 43.2 Å². The number of carbonyl (C=O) groups is 2. The number of Topliss-reactive ketones (excluding diaryl/α,β-unsaturated/α-hetero) is 1. The fraction of sp³-hybridized carbons (Fsp3) is 0.217. The van der Waals surface area contributed by atoms with E-state index in [4.69, 9.17) is 4.74 Å². The zero-order chi connectivity index (χ0) is 20.3. The van der Waals surface area contributed by atoms with Crippen LogP contribution >= 0.6 is 0 Å². The summed E-state index contributed by atoms with van der Waals surface area (Å²) in [5, 5.41) is 11.0. The van der Waals surface area contributed by atoms with E-state index in [0.29, 0.717) is 17.9 Å². The van der Waals surface area contributed by atoms with Crippen LogP contribution in [0.5, 0.6) is 5.75 Å². The predicted octanol–water partition coefficient (Wildman–Crippen LogP) is 4.00. The monoisotopic (exact) mass is 377 g/mol. The first kappa shape index (κ1) is 19.4. The van der Waals surface area contributed by atoms with Crippen LogP contribution in [0.25, 0.3) is 5.76 Å². The highest BCUT2D eigenvalue weighted by Crippen LogP contribution is 2.39. The van der Waals surface area contributed by atoms with Crippen molar-refractivity contribution in [2.45, 2.75) is 19.9 Å². The smallest absolute Gasteiger partial charge is 0.295 e. The van der Waals surface area contributed by atoms with Gasteiger partial charge in [0.1, 0.15) is 11.5 Å². The highest BCUT2D eigenvalue weighted by Gasteiger charge is 2.45. The second-order valence-electron chi connectivity index (χ2n) is 6.56. The Hall–Kier alpha value is -3.34. The molecule has 5 heteroatoms. The summed E-state index contributed by atoms with van der Waals surface area (Å²) in [5.41, 5.74) is 2.15. The van der Waals surface area contributed by atoms with Crippen molar-refractivity contribution >= 4 is 17.4 Å². The molecule has 1 aliphatic heterocycles. The summed E-state index contributed by atoms with van der Waals surface area (Å²) in [7, 11) is 0. The molecule has 28 heavy (non-hydrogen) atoms. The van der Waals surface area contributed by atoms with Crippen LogP contribution in [0.4, 0.5) is 0 Å². The molecule has 1 N–H and O–H groups in total. The molecule has 0 aromatic heterocycles. The fourth-order valence-electron chi connectivity index (χ4n) is 3.46. The SMILES string of the molecule is C=CCN1C(=O)C(=O)C(=C(O)c2ccc(OCC)c(C)c2)[C@H]1c1ccccc1. The molecular formula is C23H23NO4. The lowest BCUT2D eigenvalue weighted by atomic mass is 9.95. The maximum atomic E-state index is 12.8. The average Bonchev–Trinajstić information content (AvgIpc) is 2.95. The lowest BCUT2D eigenvalue weighted by molar-refractivity contribution is -0.139. The fourth-order valence-corrected chi connectivity index (χ4v) is 3.46. The van der Waals surface area contributed by atoms with E-state index in [1.807, 2.05) is 44.2 Å². The zero-order valence-electron chi connectivity index (χ0n) is 16.0. The van der Waals surface area contributed by atoms with Crippen molar-refractivity contribution in [3.05, 3.63) is 83.4 Å². The molecule has 5 nitrogen and oxygen atoms in total. The Kier molecular flexibility index (Phi) is 5.64. The number of likely N-dealkylation sites (tertiary alicyclic amines) is 1. The molecule has 144 valence electrons. The van der Waals surface area contributed by atoms with Crippen LogP contribution in [0.3, 0.4) is 0 Å². The van der Waals surface area contributed by atoms with Crippen LogP contribution in [-0.4, -0.2) is 34.8 Å². The minimum atomic E-state index is -0.695. The van der Waals surface area contributed by atoms with Gasteiger partial charge in [0.15, 0.2) is 0 Å². The Morgan fingerprint density at radius 1 is 1.21 bits per heavy atom. The van der Waals surface area contributed by atoms with Crippen molar-refractivity contribution in [1.82, 2.24) is 4.90 Å². The van der Waals surface area contributed by atoms with E-state index in [1.54, 1.807) is 24.3 Å². The largest absolute Gasteiger partial charge is 0.507 e. The first-order chi connectivity index (χ1) is 13.5. The molecule has 2 aromatic carbocycles. The van der Waals surface area contributed by atoms with Crippen molar-refractivity contribution in [3.63, 3.8) is 0 Å². The number of hydrogen-bond acceptors (Lipinski definition) is 4. The molecule has 1 amide bonds. The van der Waals surface area contributed by atoms with Crippen molar-refractivity contribution in [2.24, 2.45) is 0 Å². The van der Waals surface area contributed by atoms with Gasteiger partial charge in [-0.3, -0.25) is 9.59 Å². The van der Waals surface area contributed by atoms with Crippen LogP contribution in [0.15, 0.2) is 66.8 Å². The first-order valence-corrected chi connectivity index (χ1v) is 9.17. The average molecular weight is 377 g/mol. The molecule has 1 aliphatic rings. The van der Waals surface area contributed by atoms with Gasteiger partial charge in [0.05, 0.1) is 18.2 Å². The number of ketones is 1. The van der Waals surface area contributed by atoms with Gasteiger partial charge in [0.25, 0.3) is 11.7 Å². The van der Waals surface area contributed by atoms with E-state index >= 15 is 0 Å². The van der Waals surface area contributed by atoms with Crippen LogP contribution in [0.2, 0.25) is 0 Å². The van der Waals surface area contributed by atoms with Gasteiger partial charge in [-0.15, -0.1) is 6.58 Å². The molecule has 3 rings (SSSR count). The van der Waals surface area contributed by atoms with Crippen LogP contribution in [-0.2, 0) is 9.59 Å². The number of rotatable bonds is 6. The molecule has 1 heterocycles. The van der Waals surface area contributed by atoms with Crippen molar-refractivity contribution in [3.8, 4) is 5.75 Å². The second kappa shape index (κ2) is 8.13. The Morgan fingerprint density at radius 3 is 2.54 bits per heavy atom. The van der Waals surface area contributed by atoms with Gasteiger partial charge in [-0.25, -0.2) is 0 Å². The molecule has 0 unspecified atom stereocenters. The Bertz CT molecular complexity index is 946. The van der Waals surface area contributed by atoms with Gasteiger partial charge >= 0.3 is 0 Å². The number of aryl methyl sites for hydroxylation is 1. The van der Waals surface area contributed by atoms with Crippen LogP contribution in [0.1, 0.15) is 29.7 Å². The van der Waals surface area contributed by atoms with E-state index in [-0.39, 0.29) is 17.9 Å². The zero-order valence-corrected chi connectivity index (χ0v) is 16.0. The van der Waals surface area contributed by atoms with Gasteiger partial charge < -0.3 is 14.7 Å². The first-order valence-electron chi connectivity index (χ1n) is 9.17. The molecular weight excluding hydrogens is 354 g/mol. The molecule has 2 aromatic rings. The van der Waals surface area contributed by atoms with E-state index in [1.165, 1.54) is 4.90 Å². The molecule has 1 fully saturated rings. The topological polar surface area (TPSA) is 66.8 Å². The maximum absolute atomic E-state index is 12.8. The Morgan fingerprint density at radius 2 is 1.93 bits per heavy atom. The van der Waals surface area contributed by atoms with Crippen LogP contribution < -0.4 is 4.74 Å². The molecule has 0 radical (unpaired) electrons. The van der Waals surface area contributed by atoms with E-state index in [9.17, 15) is 14.7 Å². The lowest BCUT2D eigenvalue weighted by Crippen LogP contribution is -2.29. The summed E-state index contributed by atoms with van der Waals surface area (Å²) in [4.78, 5) is 26.8. The second-order valence-corrected chi connectivity index (χ2v) is 6.56. The Labute approximate surface area is 164 Å². The van der Waals surface area contributed by atoms with E-state index < -0.39 is 17.7 Å². The Balaban J connectivity index is 2.15. The molecule has 0 aliphatic carbocycles. The normalized spacial score (nSPS) is 18.4. The van der Waals surface area contributed by atoms with Gasteiger partial charge in [0.2, 0.25) is 0 Å². The number of hydrogen-bond donors (Lipinski definition) is 1. The third-order valence-corrected chi connectivity index (χ3v) is 4.73. The summed E-state index contributed by atoms with van der Waals surface area (Å²) < 4.78 is 5.54. The van der Waals surface area contributed by atoms with E-state index in [2.05, 4.69) is 6.58 Å². The number of amides is 1. The standard InChI is InChI=1S/C23H23NO4/c1-4-13-24-20(16-9-7-6-8-10-16)19(22(26)23(24)27)21(25)17-11-12-18(28-5-2)15(3)14-17/h4,6-12,14,20,25H,1,5,13H2,2-3H3/t20-/m1/s1. The van der Waals surface area contributed by atoms with E-state index in [0.717, 1.165) is 11.1 Å². The minimum Gasteiger partial charge on any atom is -0.507 e. The molecule has 1 saturated heterocycles. The van der Waals surface area contributed by atoms with Gasteiger partial charge in [-0.2, -0.15) is 0 Å². The maximum Gasteiger partial charge on any atom is 0.295 e. The summed E-state index contributed by atoms with van der Waals surface area (Å²) in [6.07, 6.45) is 1.57. The molecule has 0 saturated carbocycles. The molecule has 0 spiro atoms. The number of carbonyl (C=O) groups excluding carboxylic acids is 2. The summed E-state index contributed by atoms with van der Waals surface area (Å²) in [6, 6.07) is 13.7. The number of aliphatic hydroxyl groups is 1. The highest BCUT2D eigenvalue weighted by atomic mass is 16.5. The number of aliphatic hydroxyl groups excluding tert-OH is 1. The van der Waals surface area contributed by atoms with Gasteiger partial charge in [0, 0.05) is 12.1 Å². The number of benzene rings is 2. The third-order valence-electron chi connectivity index (χ3n) is 4.73. The van der Waals surface area contributed by atoms with Crippen molar-refractivity contribution in [1.29, 1.82) is 0 Å². The summed E-state index contributed by atoms with van der Waals surface area (Å²) in [5.74, 6) is -0.812. The summed E-state index contributed by atoms with van der Waals surface area (Å²) in [6.45, 7) is 8.19. The van der Waals surface area contributed by atoms with Crippen molar-refractivity contribution in [2.75, 3.05) is 13.2 Å². The lowest BCUT2D eigenvalue weighted by Gasteiger charge is -2.24. The minimum absolute atomic E-state index is 0.0848. The van der Waals surface area contributed by atoms with Crippen LogP contribution in [0, 0.1) is 6.92 Å². The molecule has 0 bridgehead atoms. The number of ether oxygens (including phenoxy) is 1.